The van der Waals surface area contributed by atoms with E-state index in [1.807, 2.05) is 0 Å². The number of ketones is 1. The van der Waals surface area contributed by atoms with E-state index in [0.29, 0.717) is 12.0 Å². The monoisotopic (exact) mass is 230 g/mol. The number of halogens is 2. The summed E-state index contributed by atoms with van der Waals surface area (Å²) in [6.45, 7) is 1.71. The summed E-state index contributed by atoms with van der Waals surface area (Å²) in [4.78, 5) is 11.3. The van der Waals surface area contributed by atoms with Gasteiger partial charge in [-0.1, -0.05) is 24.6 Å². The number of rotatable bonds is 4. The van der Waals surface area contributed by atoms with Crippen LogP contribution in [-0.2, 0) is 11.2 Å². The van der Waals surface area contributed by atoms with Gasteiger partial charge in [0.15, 0.2) is 5.78 Å². The summed E-state index contributed by atoms with van der Waals surface area (Å²) < 4.78 is 13.0. The van der Waals surface area contributed by atoms with Gasteiger partial charge < -0.3 is 5.11 Å². The fraction of sp³-hybridized carbons (Fsp3) is 0.364. The third-order valence-corrected chi connectivity index (χ3v) is 2.43. The van der Waals surface area contributed by atoms with Crippen molar-refractivity contribution in [1.29, 1.82) is 0 Å². The summed E-state index contributed by atoms with van der Waals surface area (Å²) in [5.74, 6) is -0.854. The molecule has 1 unspecified atom stereocenters. The van der Waals surface area contributed by atoms with Gasteiger partial charge in [0, 0.05) is 6.42 Å². The predicted molar refractivity (Wildman–Crippen MR) is 56.4 cm³/mol. The van der Waals surface area contributed by atoms with Gasteiger partial charge in [-0.25, -0.2) is 4.39 Å². The van der Waals surface area contributed by atoms with Crippen molar-refractivity contribution in [1.82, 2.24) is 0 Å². The van der Waals surface area contributed by atoms with Gasteiger partial charge in [0.25, 0.3) is 0 Å². The Hall–Kier alpha value is -0.930. The van der Waals surface area contributed by atoms with Gasteiger partial charge in [-0.2, -0.15) is 0 Å². The first kappa shape index (κ1) is 12.1. The van der Waals surface area contributed by atoms with Gasteiger partial charge in [0.1, 0.15) is 11.9 Å². The van der Waals surface area contributed by atoms with Crippen molar-refractivity contribution < 1.29 is 14.3 Å². The molecule has 1 aromatic rings. The van der Waals surface area contributed by atoms with Crippen LogP contribution in [0.2, 0.25) is 5.02 Å². The molecule has 15 heavy (non-hydrogen) atoms. The van der Waals surface area contributed by atoms with Crippen LogP contribution >= 0.6 is 11.6 Å². The largest absolute Gasteiger partial charge is 0.385 e. The van der Waals surface area contributed by atoms with Crippen LogP contribution in [0.1, 0.15) is 18.9 Å². The van der Waals surface area contributed by atoms with Gasteiger partial charge in [-0.05, 0) is 24.1 Å². The van der Waals surface area contributed by atoms with Crippen molar-refractivity contribution in [2.24, 2.45) is 0 Å². The van der Waals surface area contributed by atoms with E-state index in [4.69, 9.17) is 11.6 Å². The van der Waals surface area contributed by atoms with E-state index < -0.39 is 11.9 Å². The number of carbonyl (C=O) groups is 1. The Morgan fingerprint density at radius 3 is 2.80 bits per heavy atom. The van der Waals surface area contributed by atoms with E-state index in [-0.39, 0.29) is 17.2 Å². The van der Waals surface area contributed by atoms with Crippen LogP contribution in [-0.4, -0.2) is 17.0 Å². The molecule has 0 aliphatic carbocycles. The minimum absolute atomic E-state index is 0.0299. The first-order chi connectivity index (χ1) is 7.04. The SMILES string of the molecule is CCC(O)C(=O)Cc1ccc(Cl)c(F)c1. The minimum atomic E-state index is -0.969. The molecular weight excluding hydrogens is 219 g/mol. The molecule has 1 rings (SSSR count). The molecule has 1 N–H and O–H groups in total. The first-order valence-corrected chi connectivity index (χ1v) is 5.07. The average Bonchev–Trinajstić information content (AvgIpc) is 2.22. The summed E-state index contributed by atoms with van der Waals surface area (Å²) in [5, 5.41) is 9.27. The zero-order valence-corrected chi connectivity index (χ0v) is 9.09. The maximum atomic E-state index is 13.0. The van der Waals surface area contributed by atoms with E-state index >= 15 is 0 Å². The molecule has 0 fully saturated rings. The summed E-state index contributed by atoms with van der Waals surface area (Å²) in [5.41, 5.74) is 0.523. The molecule has 1 aromatic carbocycles. The van der Waals surface area contributed by atoms with Crippen LogP contribution in [0.3, 0.4) is 0 Å². The third kappa shape index (κ3) is 3.29. The summed E-state index contributed by atoms with van der Waals surface area (Å²) in [6, 6.07) is 4.19. The van der Waals surface area contributed by atoms with Crippen molar-refractivity contribution in [2.45, 2.75) is 25.9 Å². The lowest BCUT2D eigenvalue weighted by Crippen LogP contribution is -2.21. The predicted octanol–water partition coefficient (Wildman–Crippen LogP) is 2.36. The molecule has 0 radical (unpaired) electrons. The molecule has 1 atom stereocenters. The lowest BCUT2D eigenvalue weighted by atomic mass is 10.0. The topological polar surface area (TPSA) is 37.3 Å². The van der Waals surface area contributed by atoms with Crippen molar-refractivity contribution in [3.63, 3.8) is 0 Å². The van der Waals surface area contributed by atoms with Gasteiger partial charge in [-0.3, -0.25) is 4.79 Å². The minimum Gasteiger partial charge on any atom is -0.385 e. The molecule has 82 valence electrons. The third-order valence-electron chi connectivity index (χ3n) is 2.12. The Morgan fingerprint density at radius 2 is 2.27 bits per heavy atom. The Morgan fingerprint density at radius 1 is 1.60 bits per heavy atom. The highest BCUT2D eigenvalue weighted by molar-refractivity contribution is 6.30. The zero-order chi connectivity index (χ0) is 11.4. The maximum Gasteiger partial charge on any atom is 0.165 e. The molecule has 0 saturated heterocycles. The highest BCUT2D eigenvalue weighted by Gasteiger charge is 2.13. The highest BCUT2D eigenvalue weighted by Crippen LogP contribution is 2.16. The van der Waals surface area contributed by atoms with Crippen LogP contribution in [0.15, 0.2) is 18.2 Å². The molecule has 0 saturated carbocycles. The Balaban J connectivity index is 2.73. The second kappa shape index (κ2) is 5.24. The first-order valence-electron chi connectivity index (χ1n) is 4.69. The van der Waals surface area contributed by atoms with Gasteiger partial charge >= 0.3 is 0 Å². The van der Waals surface area contributed by atoms with Gasteiger partial charge in [0.05, 0.1) is 5.02 Å². The average molecular weight is 231 g/mol. The molecular formula is C11H12ClFO2. The highest BCUT2D eigenvalue weighted by atomic mass is 35.5. The lowest BCUT2D eigenvalue weighted by molar-refractivity contribution is -0.126. The lowest BCUT2D eigenvalue weighted by Gasteiger charge is -2.06. The molecule has 0 heterocycles. The number of aliphatic hydroxyl groups excluding tert-OH is 1. The Labute approximate surface area is 92.7 Å². The Kier molecular flexibility index (Phi) is 4.24. The van der Waals surface area contributed by atoms with Gasteiger partial charge in [-0.15, -0.1) is 0 Å². The number of aliphatic hydroxyl groups is 1. The van der Waals surface area contributed by atoms with E-state index in [9.17, 15) is 14.3 Å². The second-order valence-corrected chi connectivity index (χ2v) is 3.72. The van der Waals surface area contributed by atoms with Gasteiger partial charge in [0.2, 0.25) is 0 Å². The van der Waals surface area contributed by atoms with Crippen LogP contribution < -0.4 is 0 Å². The molecule has 4 heteroatoms. The van der Waals surface area contributed by atoms with Crippen molar-refractivity contribution in [3.05, 3.63) is 34.6 Å². The number of hydrogen-bond donors (Lipinski definition) is 1. The molecule has 0 bridgehead atoms. The van der Waals surface area contributed by atoms with Crippen LogP contribution in [0.4, 0.5) is 4.39 Å². The second-order valence-electron chi connectivity index (χ2n) is 3.32. The molecule has 0 aliphatic rings. The van der Waals surface area contributed by atoms with Crippen molar-refractivity contribution in [3.8, 4) is 0 Å². The number of Topliss-reactive ketones (excluding diaryl/α,β-unsaturated/α-hetero) is 1. The normalized spacial score (nSPS) is 12.5. The van der Waals surface area contributed by atoms with E-state index in [2.05, 4.69) is 0 Å². The maximum absolute atomic E-state index is 13.0. The standard InChI is InChI=1S/C11H12ClFO2/c1-2-10(14)11(15)6-7-3-4-8(12)9(13)5-7/h3-5,10,14H,2,6H2,1H3. The quantitative estimate of drug-likeness (QED) is 0.862. The number of benzene rings is 1. The number of hydrogen-bond acceptors (Lipinski definition) is 2. The number of carbonyl (C=O) groups excluding carboxylic acids is 1. The molecule has 0 aliphatic heterocycles. The summed E-state index contributed by atoms with van der Waals surface area (Å²) in [7, 11) is 0. The van der Waals surface area contributed by atoms with Crippen LogP contribution in [0, 0.1) is 5.82 Å². The zero-order valence-electron chi connectivity index (χ0n) is 8.34. The molecule has 0 amide bonds. The smallest absolute Gasteiger partial charge is 0.165 e. The van der Waals surface area contributed by atoms with E-state index in [0.717, 1.165) is 0 Å². The van der Waals surface area contributed by atoms with E-state index in [1.54, 1.807) is 13.0 Å². The van der Waals surface area contributed by atoms with Crippen molar-refractivity contribution in [2.75, 3.05) is 0 Å². The summed E-state index contributed by atoms with van der Waals surface area (Å²) in [6.07, 6.45) is -0.568. The van der Waals surface area contributed by atoms with E-state index in [1.165, 1.54) is 12.1 Å². The fourth-order valence-electron chi connectivity index (χ4n) is 1.20. The summed E-state index contributed by atoms with van der Waals surface area (Å²) >= 11 is 5.50. The fourth-order valence-corrected chi connectivity index (χ4v) is 1.31. The van der Waals surface area contributed by atoms with Crippen LogP contribution in [0.25, 0.3) is 0 Å². The molecule has 0 aromatic heterocycles. The molecule has 0 spiro atoms. The van der Waals surface area contributed by atoms with Crippen LogP contribution in [0.5, 0.6) is 0 Å². The van der Waals surface area contributed by atoms with Crippen molar-refractivity contribution >= 4 is 17.4 Å². The molecule has 2 nitrogen and oxygen atoms in total. The Bertz CT molecular complexity index is 366.